The zero-order chi connectivity index (χ0) is 24.8. The standard InChI is InChI=1S/C30H25F3O2/c1-3-5-20-6-10-23(11-7-20)26-16-17-28(30(33)29(26)32)35-19-21-8-12-22(13-9-21)25-15-14-24(34-4-2)18-27(25)31/h3,5-18H,4,19H2,1-2H3/b5-3+. The quantitative estimate of drug-likeness (QED) is 0.255. The second-order valence-corrected chi connectivity index (χ2v) is 7.92. The van der Waals surface area contributed by atoms with Gasteiger partial charge in [0, 0.05) is 17.2 Å². The molecule has 0 atom stereocenters. The molecule has 4 rings (SSSR count). The molecular weight excluding hydrogens is 449 g/mol. The van der Waals surface area contributed by atoms with Crippen molar-refractivity contribution in [3.05, 3.63) is 114 Å². The molecule has 0 N–H and O–H groups in total. The first-order valence-corrected chi connectivity index (χ1v) is 11.4. The van der Waals surface area contributed by atoms with Crippen LogP contribution in [0.5, 0.6) is 11.5 Å². The predicted octanol–water partition coefficient (Wildman–Crippen LogP) is 8.45. The summed E-state index contributed by atoms with van der Waals surface area (Å²) in [5.41, 5.74) is 3.61. The molecule has 4 aromatic carbocycles. The Morgan fingerprint density at radius 3 is 2.03 bits per heavy atom. The van der Waals surface area contributed by atoms with Gasteiger partial charge in [-0.25, -0.2) is 8.78 Å². The number of halogens is 3. The van der Waals surface area contributed by atoms with Crippen LogP contribution in [0.1, 0.15) is 25.0 Å². The molecular formula is C30H25F3O2. The average molecular weight is 475 g/mol. The Morgan fingerprint density at radius 1 is 0.714 bits per heavy atom. The highest BCUT2D eigenvalue weighted by Gasteiger charge is 2.16. The highest BCUT2D eigenvalue weighted by atomic mass is 19.2. The molecule has 178 valence electrons. The highest BCUT2D eigenvalue weighted by molar-refractivity contribution is 5.67. The minimum atomic E-state index is -1.03. The zero-order valence-electron chi connectivity index (χ0n) is 19.5. The lowest BCUT2D eigenvalue weighted by Crippen LogP contribution is -2.00. The van der Waals surface area contributed by atoms with Crippen LogP contribution in [0.4, 0.5) is 13.2 Å². The summed E-state index contributed by atoms with van der Waals surface area (Å²) in [6, 6.07) is 21.9. The van der Waals surface area contributed by atoms with Gasteiger partial charge in [-0.15, -0.1) is 0 Å². The topological polar surface area (TPSA) is 18.5 Å². The van der Waals surface area contributed by atoms with E-state index in [1.54, 1.807) is 48.5 Å². The molecule has 0 amide bonds. The summed E-state index contributed by atoms with van der Waals surface area (Å²) in [5.74, 6) is -2.06. The summed E-state index contributed by atoms with van der Waals surface area (Å²) in [6.07, 6.45) is 3.84. The molecule has 0 saturated carbocycles. The fraction of sp³-hybridized carbons (Fsp3) is 0.133. The molecule has 2 nitrogen and oxygen atoms in total. The fourth-order valence-electron chi connectivity index (χ4n) is 3.76. The fourth-order valence-corrected chi connectivity index (χ4v) is 3.76. The maximum atomic E-state index is 14.8. The molecule has 0 bridgehead atoms. The minimum absolute atomic E-state index is 0.0415. The van der Waals surface area contributed by atoms with Gasteiger partial charge >= 0.3 is 0 Å². The van der Waals surface area contributed by atoms with Gasteiger partial charge in [0.2, 0.25) is 5.82 Å². The summed E-state index contributed by atoms with van der Waals surface area (Å²) in [4.78, 5) is 0. The van der Waals surface area contributed by atoms with E-state index in [1.165, 1.54) is 18.2 Å². The maximum Gasteiger partial charge on any atom is 0.201 e. The van der Waals surface area contributed by atoms with Crippen LogP contribution in [0.15, 0.2) is 84.9 Å². The summed E-state index contributed by atoms with van der Waals surface area (Å²) in [5, 5.41) is 0. The summed E-state index contributed by atoms with van der Waals surface area (Å²) in [7, 11) is 0. The molecule has 35 heavy (non-hydrogen) atoms. The second kappa shape index (κ2) is 11.0. The smallest absolute Gasteiger partial charge is 0.201 e. The van der Waals surface area contributed by atoms with Crippen molar-refractivity contribution in [3.8, 4) is 33.8 Å². The van der Waals surface area contributed by atoms with Gasteiger partial charge in [0.1, 0.15) is 18.2 Å². The van der Waals surface area contributed by atoms with Crippen molar-refractivity contribution in [2.24, 2.45) is 0 Å². The van der Waals surface area contributed by atoms with E-state index in [9.17, 15) is 13.2 Å². The summed E-state index contributed by atoms with van der Waals surface area (Å²) >= 11 is 0. The Kier molecular flexibility index (Phi) is 7.56. The third-order valence-corrected chi connectivity index (χ3v) is 5.54. The average Bonchev–Trinajstić information content (AvgIpc) is 2.87. The number of benzene rings is 4. The molecule has 0 spiro atoms. The lowest BCUT2D eigenvalue weighted by atomic mass is 10.0. The summed E-state index contributed by atoms with van der Waals surface area (Å²) in [6.45, 7) is 4.26. The third-order valence-electron chi connectivity index (χ3n) is 5.54. The SMILES string of the molecule is C/C=C/c1ccc(-c2ccc(OCc3ccc(-c4ccc(OCC)cc4F)cc3)c(F)c2F)cc1. The van der Waals surface area contributed by atoms with E-state index >= 15 is 0 Å². The molecule has 0 aliphatic carbocycles. The van der Waals surface area contributed by atoms with E-state index in [0.29, 0.717) is 29.0 Å². The monoisotopic (exact) mass is 474 g/mol. The Bertz CT molecular complexity index is 1330. The van der Waals surface area contributed by atoms with Gasteiger partial charge in [0.15, 0.2) is 11.6 Å². The molecule has 0 saturated heterocycles. The number of hydrogen-bond acceptors (Lipinski definition) is 2. The number of allylic oxidation sites excluding steroid dienone is 1. The van der Waals surface area contributed by atoms with Crippen LogP contribution in [-0.2, 0) is 6.61 Å². The van der Waals surface area contributed by atoms with Crippen molar-refractivity contribution >= 4 is 6.08 Å². The van der Waals surface area contributed by atoms with Crippen LogP contribution in [0.25, 0.3) is 28.3 Å². The van der Waals surface area contributed by atoms with Crippen LogP contribution in [0, 0.1) is 17.5 Å². The maximum absolute atomic E-state index is 14.8. The Labute approximate surface area is 203 Å². The van der Waals surface area contributed by atoms with Crippen LogP contribution < -0.4 is 9.47 Å². The van der Waals surface area contributed by atoms with Crippen LogP contribution in [0.3, 0.4) is 0 Å². The second-order valence-electron chi connectivity index (χ2n) is 7.92. The van der Waals surface area contributed by atoms with E-state index in [0.717, 1.165) is 11.1 Å². The first-order chi connectivity index (χ1) is 17.0. The molecule has 5 heteroatoms. The summed E-state index contributed by atoms with van der Waals surface area (Å²) < 4.78 is 54.8. The van der Waals surface area contributed by atoms with Gasteiger partial charge in [-0.3, -0.25) is 0 Å². The normalized spacial score (nSPS) is 11.1. The van der Waals surface area contributed by atoms with Crippen LogP contribution in [-0.4, -0.2) is 6.61 Å². The molecule has 0 radical (unpaired) electrons. The number of ether oxygens (including phenoxy) is 2. The first kappa shape index (κ1) is 24.1. The number of rotatable bonds is 8. The van der Waals surface area contributed by atoms with E-state index < -0.39 is 11.6 Å². The van der Waals surface area contributed by atoms with Crippen molar-refractivity contribution in [2.75, 3.05) is 6.61 Å². The molecule has 4 aromatic rings. The van der Waals surface area contributed by atoms with Gasteiger partial charge < -0.3 is 9.47 Å². The molecule has 0 aliphatic heterocycles. The van der Waals surface area contributed by atoms with E-state index in [2.05, 4.69) is 0 Å². The lowest BCUT2D eigenvalue weighted by Gasteiger charge is -2.12. The first-order valence-electron chi connectivity index (χ1n) is 11.4. The molecule has 0 fully saturated rings. The van der Waals surface area contributed by atoms with Gasteiger partial charge in [0.05, 0.1) is 6.61 Å². The minimum Gasteiger partial charge on any atom is -0.494 e. The Hall–Kier alpha value is -3.99. The van der Waals surface area contributed by atoms with Crippen molar-refractivity contribution in [1.29, 1.82) is 0 Å². The highest BCUT2D eigenvalue weighted by Crippen LogP contribution is 2.31. The van der Waals surface area contributed by atoms with Crippen molar-refractivity contribution < 1.29 is 22.6 Å². The van der Waals surface area contributed by atoms with Gasteiger partial charge in [0.25, 0.3) is 0 Å². The van der Waals surface area contributed by atoms with E-state index in [-0.39, 0.29) is 23.7 Å². The van der Waals surface area contributed by atoms with Gasteiger partial charge in [-0.2, -0.15) is 4.39 Å². The largest absolute Gasteiger partial charge is 0.494 e. The van der Waals surface area contributed by atoms with Crippen molar-refractivity contribution in [3.63, 3.8) is 0 Å². The van der Waals surface area contributed by atoms with E-state index in [1.807, 2.05) is 38.1 Å². The van der Waals surface area contributed by atoms with E-state index in [4.69, 9.17) is 9.47 Å². The third kappa shape index (κ3) is 5.57. The zero-order valence-corrected chi connectivity index (χ0v) is 19.5. The Balaban J connectivity index is 1.45. The van der Waals surface area contributed by atoms with Crippen LogP contribution in [0.2, 0.25) is 0 Å². The van der Waals surface area contributed by atoms with Gasteiger partial charge in [-0.05, 0) is 60.4 Å². The predicted molar refractivity (Wildman–Crippen MR) is 134 cm³/mol. The van der Waals surface area contributed by atoms with Crippen molar-refractivity contribution in [2.45, 2.75) is 20.5 Å². The van der Waals surface area contributed by atoms with Crippen molar-refractivity contribution in [1.82, 2.24) is 0 Å². The molecule has 0 aliphatic rings. The van der Waals surface area contributed by atoms with Gasteiger partial charge in [-0.1, -0.05) is 60.7 Å². The van der Waals surface area contributed by atoms with Crippen LogP contribution >= 0.6 is 0 Å². The molecule has 0 aromatic heterocycles. The lowest BCUT2D eigenvalue weighted by molar-refractivity contribution is 0.285. The Morgan fingerprint density at radius 2 is 1.37 bits per heavy atom. The molecule has 0 unspecified atom stereocenters. The molecule has 0 heterocycles. The number of hydrogen-bond donors (Lipinski definition) is 0.